The zero-order valence-electron chi connectivity index (χ0n) is 16.7. The highest BCUT2D eigenvalue weighted by Crippen LogP contribution is 2.17. The molecule has 3 heterocycles. The smallest absolute Gasteiger partial charge is 0.246 e. The summed E-state index contributed by atoms with van der Waals surface area (Å²) in [6, 6.07) is 10.8. The molecule has 0 bridgehead atoms. The highest BCUT2D eigenvalue weighted by atomic mass is 16.5. The van der Waals surface area contributed by atoms with Crippen LogP contribution in [0.25, 0.3) is 11.4 Å². The number of nitrogens with one attached hydrogen (secondary N) is 1. The molecule has 0 aliphatic carbocycles. The van der Waals surface area contributed by atoms with Gasteiger partial charge in [-0.25, -0.2) is 0 Å². The Bertz CT molecular complexity index is 986. The minimum atomic E-state index is -0.536. The van der Waals surface area contributed by atoms with Gasteiger partial charge in [-0.15, -0.1) is 0 Å². The molecule has 0 saturated carbocycles. The van der Waals surface area contributed by atoms with Gasteiger partial charge in [0.05, 0.1) is 31.5 Å². The monoisotopic (exact) mass is 409 g/mol. The quantitative estimate of drug-likeness (QED) is 0.633. The van der Waals surface area contributed by atoms with Crippen LogP contribution in [-0.2, 0) is 22.7 Å². The van der Waals surface area contributed by atoms with Gasteiger partial charge in [-0.1, -0.05) is 35.5 Å². The second kappa shape index (κ2) is 8.91. The van der Waals surface area contributed by atoms with Crippen molar-refractivity contribution in [1.82, 2.24) is 25.3 Å². The van der Waals surface area contributed by atoms with Crippen molar-refractivity contribution in [3.05, 3.63) is 60.4 Å². The third kappa shape index (κ3) is 4.57. The van der Waals surface area contributed by atoms with E-state index in [-0.39, 0.29) is 24.8 Å². The molecular formula is C21H23N5O4. The first-order chi connectivity index (χ1) is 14.6. The topological polar surface area (TPSA) is 105 Å². The van der Waals surface area contributed by atoms with Crippen molar-refractivity contribution in [2.24, 2.45) is 0 Å². The summed E-state index contributed by atoms with van der Waals surface area (Å²) >= 11 is 0. The summed E-state index contributed by atoms with van der Waals surface area (Å²) in [4.78, 5) is 33.1. The number of furan rings is 1. The minimum Gasteiger partial charge on any atom is -0.472 e. The van der Waals surface area contributed by atoms with Crippen molar-refractivity contribution in [3.8, 4) is 11.4 Å². The molecule has 1 aliphatic heterocycles. The number of benzene rings is 1. The van der Waals surface area contributed by atoms with Crippen molar-refractivity contribution in [2.45, 2.75) is 25.6 Å². The van der Waals surface area contributed by atoms with Gasteiger partial charge in [-0.3, -0.25) is 14.5 Å². The molecule has 0 unspecified atom stereocenters. The Balaban J connectivity index is 1.38. The lowest BCUT2D eigenvalue weighted by molar-refractivity contribution is -0.138. The summed E-state index contributed by atoms with van der Waals surface area (Å²) in [6.45, 7) is 1.95. The van der Waals surface area contributed by atoms with Crippen molar-refractivity contribution in [3.63, 3.8) is 0 Å². The number of nitrogens with zero attached hydrogens (tertiary/aromatic N) is 4. The molecule has 156 valence electrons. The normalized spacial score (nSPS) is 17.0. The van der Waals surface area contributed by atoms with E-state index in [0.717, 1.165) is 11.1 Å². The highest BCUT2D eigenvalue weighted by Gasteiger charge is 2.32. The third-order valence-electron chi connectivity index (χ3n) is 5.07. The Labute approximate surface area is 173 Å². The standard InChI is InChI=1S/C21H23N5O4/c1-25(13-18-23-20(24-30-18)16-5-3-2-4-6-16)19(27)11-17-21(28)22-8-9-26(17)12-15-7-10-29-14-15/h2-7,10,14,17H,8-9,11-13H2,1H3,(H,22,28)/t17-/m1/s1. The first-order valence-electron chi connectivity index (χ1n) is 9.75. The van der Waals surface area contributed by atoms with Gasteiger partial charge in [0.2, 0.25) is 23.5 Å². The summed E-state index contributed by atoms with van der Waals surface area (Å²) in [6.07, 6.45) is 3.32. The number of hydrogen-bond donors (Lipinski definition) is 1. The fraction of sp³-hybridized carbons (Fsp3) is 0.333. The fourth-order valence-corrected chi connectivity index (χ4v) is 3.43. The van der Waals surface area contributed by atoms with E-state index in [9.17, 15) is 9.59 Å². The molecule has 1 saturated heterocycles. The fourth-order valence-electron chi connectivity index (χ4n) is 3.43. The minimum absolute atomic E-state index is 0.0693. The molecule has 4 rings (SSSR count). The van der Waals surface area contributed by atoms with Gasteiger partial charge < -0.3 is 19.2 Å². The van der Waals surface area contributed by atoms with E-state index in [2.05, 4.69) is 15.5 Å². The molecular weight excluding hydrogens is 386 g/mol. The lowest BCUT2D eigenvalue weighted by Crippen LogP contribution is -2.56. The average molecular weight is 409 g/mol. The Hall–Kier alpha value is -3.46. The third-order valence-corrected chi connectivity index (χ3v) is 5.07. The van der Waals surface area contributed by atoms with E-state index in [0.29, 0.717) is 31.3 Å². The molecule has 3 aromatic rings. The van der Waals surface area contributed by atoms with E-state index in [4.69, 9.17) is 8.94 Å². The predicted octanol–water partition coefficient (Wildman–Crippen LogP) is 1.68. The van der Waals surface area contributed by atoms with Crippen LogP contribution in [0.2, 0.25) is 0 Å². The summed E-state index contributed by atoms with van der Waals surface area (Å²) in [5.74, 6) is 0.502. The van der Waals surface area contributed by atoms with Gasteiger partial charge in [0, 0.05) is 37.8 Å². The molecule has 1 aromatic carbocycles. The summed E-state index contributed by atoms with van der Waals surface area (Å²) in [7, 11) is 1.66. The van der Waals surface area contributed by atoms with Crippen LogP contribution in [0.4, 0.5) is 0 Å². The number of aromatic nitrogens is 2. The molecule has 9 heteroatoms. The van der Waals surface area contributed by atoms with Crippen molar-refractivity contribution in [2.75, 3.05) is 20.1 Å². The Morgan fingerprint density at radius 1 is 1.30 bits per heavy atom. The van der Waals surface area contributed by atoms with Gasteiger partial charge in [0.15, 0.2) is 0 Å². The highest BCUT2D eigenvalue weighted by molar-refractivity contribution is 5.88. The SMILES string of the molecule is CN(Cc1nc(-c2ccccc2)no1)C(=O)C[C@@H]1C(=O)NCCN1Cc1ccoc1. The molecule has 0 spiro atoms. The first-order valence-corrected chi connectivity index (χ1v) is 9.75. The lowest BCUT2D eigenvalue weighted by atomic mass is 10.1. The summed E-state index contributed by atoms with van der Waals surface area (Å²) in [5, 5.41) is 6.82. The Morgan fingerprint density at radius 2 is 2.13 bits per heavy atom. The van der Waals surface area contributed by atoms with Crippen LogP contribution in [0.1, 0.15) is 17.9 Å². The van der Waals surface area contributed by atoms with Crippen LogP contribution in [-0.4, -0.2) is 57.9 Å². The molecule has 1 N–H and O–H groups in total. The van der Waals surface area contributed by atoms with Gasteiger partial charge in [0.1, 0.15) is 0 Å². The largest absolute Gasteiger partial charge is 0.472 e. The molecule has 30 heavy (non-hydrogen) atoms. The second-order valence-electron chi connectivity index (χ2n) is 7.24. The molecule has 2 aromatic heterocycles. The molecule has 0 radical (unpaired) electrons. The zero-order valence-corrected chi connectivity index (χ0v) is 16.7. The number of carbonyl (C=O) groups is 2. The maximum atomic E-state index is 12.8. The molecule has 1 aliphatic rings. The van der Waals surface area contributed by atoms with Crippen molar-refractivity contribution in [1.29, 1.82) is 0 Å². The molecule has 1 fully saturated rings. The van der Waals surface area contributed by atoms with Crippen LogP contribution >= 0.6 is 0 Å². The van der Waals surface area contributed by atoms with Crippen LogP contribution < -0.4 is 5.32 Å². The van der Waals surface area contributed by atoms with Gasteiger partial charge in [0.25, 0.3) is 0 Å². The number of hydrogen-bond acceptors (Lipinski definition) is 7. The van der Waals surface area contributed by atoms with Crippen molar-refractivity contribution >= 4 is 11.8 Å². The van der Waals surface area contributed by atoms with Gasteiger partial charge in [-0.05, 0) is 6.07 Å². The predicted molar refractivity (Wildman–Crippen MR) is 107 cm³/mol. The lowest BCUT2D eigenvalue weighted by Gasteiger charge is -2.35. The van der Waals surface area contributed by atoms with E-state index >= 15 is 0 Å². The average Bonchev–Trinajstić information content (AvgIpc) is 3.43. The van der Waals surface area contributed by atoms with Crippen LogP contribution in [0.5, 0.6) is 0 Å². The van der Waals surface area contributed by atoms with Crippen LogP contribution in [0.15, 0.2) is 57.9 Å². The van der Waals surface area contributed by atoms with E-state index < -0.39 is 6.04 Å². The van der Waals surface area contributed by atoms with Gasteiger partial charge in [-0.2, -0.15) is 4.98 Å². The van der Waals surface area contributed by atoms with E-state index in [1.165, 1.54) is 4.90 Å². The molecule has 9 nitrogen and oxygen atoms in total. The van der Waals surface area contributed by atoms with Crippen LogP contribution in [0, 0.1) is 0 Å². The molecule has 2 amide bonds. The van der Waals surface area contributed by atoms with Crippen LogP contribution in [0.3, 0.4) is 0 Å². The zero-order chi connectivity index (χ0) is 20.9. The Kier molecular flexibility index (Phi) is 5.89. The Morgan fingerprint density at radius 3 is 2.90 bits per heavy atom. The maximum Gasteiger partial charge on any atom is 0.246 e. The first kappa shape index (κ1) is 19.8. The van der Waals surface area contributed by atoms with Gasteiger partial charge >= 0.3 is 0 Å². The number of piperazine rings is 1. The number of amides is 2. The van der Waals surface area contributed by atoms with E-state index in [1.54, 1.807) is 19.6 Å². The molecule has 1 atom stereocenters. The maximum absolute atomic E-state index is 12.8. The number of rotatable bonds is 7. The summed E-state index contributed by atoms with van der Waals surface area (Å²) < 4.78 is 10.4. The summed E-state index contributed by atoms with van der Waals surface area (Å²) in [5.41, 5.74) is 1.81. The van der Waals surface area contributed by atoms with Crippen molar-refractivity contribution < 1.29 is 18.5 Å². The van der Waals surface area contributed by atoms with E-state index in [1.807, 2.05) is 41.3 Å². The number of carbonyl (C=O) groups excluding carboxylic acids is 2. The second-order valence-corrected chi connectivity index (χ2v) is 7.24.